The van der Waals surface area contributed by atoms with Crippen molar-refractivity contribution in [2.75, 3.05) is 0 Å². The van der Waals surface area contributed by atoms with Gasteiger partial charge in [-0.3, -0.25) is 0 Å². The summed E-state index contributed by atoms with van der Waals surface area (Å²) in [5, 5.41) is 18.7. The molecule has 0 bridgehead atoms. The third kappa shape index (κ3) is 2.78. The van der Waals surface area contributed by atoms with Gasteiger partial charge in [-0.2, -0.15) is 5.26 Å². The largest absolute Gasteiger partial charge is 0.487 e. The quantitative estimate of drug-likeness (QED) is 0.851. The summed E-state index contributed by atoms with van der Waals surface area (Å²) in [6, 6.07) is 7.50. The van der Waals surface area contributed by atoms with Gasteiger partial charge in [-0.15, -0.1) is 0 Å². The van der Waals surface area contributed by atoms with Crippen LogP contribution in [0.3, 0.4) is 0 Å². The van der Waals surface area contributed by atoms with Gasteiger partial charge < -0.3 is 9.84 Å². The Morgan fingerprint density at radius 1 is 1.35 bits per heavy atom. The highest BCUT2D eigenvalue weighted by atomic mass is 16.5. The van der Waals surface area contributed by atoms with Crippen LogP contribution in [0.25, 0.3) is 0 Å². The predicted molar refractivity (Wildman–Crippen MR) is 64.8 cm³/mol. The van der Waals surface area contributed by atoms with E-state index < -0.39 is 0 Å². The number of nitriles is 1. The van der Waals surface area contributed by atoms with Gasteiger partial charge >= 0.3 is 0 Å². The average Bonchev–Trinajstić information content (AvgIpc) is 2.35. The molecule has 1 aromatic carbocycles. The number of aryl methyl sites for hydroxylation is 1. The van der Waals surface area contributed by atoms with Gasteiger partial charge in [0, 0.05) is 0 Å². The summed E-state index contributed by atoms with van der Waals surface area (Å²) < 4.78 is 5.84. The lowest BCUT2D eigenvalue weighted by Gasteiger charge is -2.28. The van der Waals surface area contributed by atoms with Gasteiger partial charge in [0.15, 0.2) is 0 Å². The Balaban J connectivity index is 2.14. The second-order valence-electron chi connectivity index (χ2n) is 4.60. The molecule has 1 aliphatic rings. The standard InChI is InChI=1S/C14H17NO2/c1-10-6-7-11(9-15)8-14(10)17-13-5-3-2-4-12(13)16/h6-8,12-13,16H,2-5H2,1H3/t12-,13-/m1/s1. The van der Waals surface area contributed by atoms with E-state index in [9.17, 15) is 5.11 Å². The molecular weight excluding hydrogens is 214 g/mol. The Bertz CT molecular complexity index is 436. The van der Waals surface area contributed by atoms with Crippen LogP contribution >= 0.6 is 0 Å². The van der Waals surface area contributed by atoms with Crippen molar-refractivity contribution in [1.29, 1.82) is 5.26 Å². The Morgan fingerprint density at radius 2 is 2.12 bits per heavy atom. The van der Waals surface area contributed by atoms with Crippen LogP contribution in [0.5, 0.6) is 5.75 Å². The SMILES string of the molecule is Cc1ccc(C#N)cc1O[C@@H]1CCCC[C@H]1O. The van der Waals surface area contributed by atoms with Crippen molar-refractivity contribution in [3.05, 3.63) is 29.3 Å². The monoisotopic (exact) mass is 231 g/mol. The summed E-state index contributed by atoms with van der Waals surface area (Å²) in [6.07, 6.45) is 3.35. The van der Waals surface area contributed by atoms with Gasteiger partial charge in [0.2, 0.25) is 0 Å². The maximum atomic E-state index is 9.86. The Labute approximate surface area is 102 Å². The third-order valence-corrected chi connectivity index (χ3v) is 3.26. The molecular formula is C14H17NO2. The molecule has 0 aromatic heterocycles. The molecule has 3 heteroatoms. The smallest absolute Gasteiger partial charge is 0.124 e. The summed E-state index contributed by atoms with van der Waals surface area (Å²) in [5.74, 6) is 0.718. The van der Waals surface area contributed by atoms with Gasteiger partial charge in [-0.25, -0.2) is 0 Å². The van der Waals surface area contributed by atoms with Crippen LogP contribution in [0.2, 0.25) is 0 Å². The third-order valence-electron chi connectivity index (χ3n) is 3.26. The minimum Gasteiger partial charge on any atom is -0.487 e. The van der Waals surface area contributed by atoms with Crippen LogP contribution in [-0.2, 0) is 0 Å². The van der Waals surface area contributed by atoms with Crippen molar-refractivity contribution in [2.45, 2.75) is 44.8 Å². The van der Waals surface area contributed by atoms with E-state index in [0.717, 1.165) is 37.0 Å². The number of rotatable bonds is 2. The lowest BCUT2D eigenvalue weighted by molar-refractivity contribution is 0.00653. The molecule has 0 aliphatic heterocycles. The maximum Gasteiger partial charge on any atom is 0.124 e. The van der Waals surface area contributed by atoms with Gasteiger partial charge in [0.1, 0.15) is 11.9 Å². The molecule has 0 radical (unpaired) electrons. The second kappa shape index (κ2) is 5.20. The molecule has 2 rings (SSSR count). The van der Waals surface area contributed by atoms with Crippen molar-refractivity contribution in [3.8, 4) is 11.8 Å². The number of aliphatic hydroxyl groups is 1. The molecule has 1 aromatic rings. The summed E-state index contributed by atoms with van der Waals surface area (Å²) in [4.78, 5) is 0. The zero-order chi connectivity index (χ0) is 12.3. The van der Waals surface area contributed by atoms with Gasteiger partial charge in [0.25, 0.3) is 0 Å². The topological polar surface area (TPSA) is 53.2 Å². The van der Waals surface area contributed by atoms with Crippen molar-refractivity contribution in [1.82, 2.24) is 0 Å². The molecule has 0 saturated heterocycles. The van der Waals surface area contributed by atoms with E-state index in [1.54, 1.807) is 12.1 Å². The van der Waals surface area contributed by atoms with Gasteiger partial charge in [-0.1, -0.05) is 12.5 Å². The Morgan fingerprint density at radius 3 is 2.82 bits per heavy atom. The highest BCUT2D eigenvalue weighted by molar-refractivity contribution is 5.41. The molecule has 0 heterocycles. The molecule has 2 atom stereocenters. The van der Waals surface area contributed by atoms with E-state index in [-0.39, 0.29) is 12.2 Å². The molecule has 0 spiro atoms. The zero-order valence-electron chi connectivity index (χ0n) is 10.0. The van der Waals surface area contributed by atoms with E-state index in [0.29, 0.717) is 5.56 Å². The van der Waals surface area contributed by atoms with E-state index in [4.69, 9.17) is 10.00 Å². The fourth-order valence-electron chi connectivity index (χ4n) is 2.17. The Kier molecular flexibility index (Phi) is 3.65. The second-order valence-corrected chi connectivity index (χ2v) is 4.60. The fraction of sp³-hybridized carbons (Fsp3) is 0.500. The lowest BCUT2D eigenvalue weighted by Crippen LogP contribution is -2.34. The number of hydrogen-bond acceptors (Lipinski definition) is 3. The molecule has 0 unspecified atom stereocenters. The van der Waals surface area contributed by atoms with Crippen LogP contribution in [-0.4, -0.2) is 17.3 Å². The van der Waals surface area contributed by atoms with E-state index in [2.05, 4.69) is 6.07 Å². The molecule has 1 fully saturated rings. The van der Waals surface area contributed by atoms with E-state index >= 15 is 0 Å². The average molecular weight is 231 g/mol. The normalized spacial score (nSPS) is 24.1. The van der Waals surface area contributed by atoms with Crippen LogP contribution < -0.4 is 4.74 Å². The number of ether oxygens (including phenoxy) is 1. The molecule has 1 aliphatic carbocycles. The number of benzene rings is 1. The predicted octanol–water partition coefficient (Wildman–Crippen LogP) is 2.55. The highest BCUT2D eigenvalue weighted by Gasteiger charge is 2.25. The van der Waals surface area contributed by atoms with Crippen molar-refractivity contribution < 1.29 is 9.84 Å². The molecule has 1 N–H and O–H groups in total. The summed E-state index contributed by atoms with van der Waals surface area (Å²) >= 11 is 0. The minimum atomic E-state index is -0.381. The first-order valence-corrected chi connectivity index (χ1v) is 6.06. The van der Waals surface area contributed by atoms with Crippen molar-refractivity contribution >= 4 is 0 Å². The molecule has 3 nitrogen and oxygen atoms in total. The molecule has 0 amide bonds. The lowest BCUT2D eigenvalue weighted by atomic mass is 9.95. The Hall–Kier alpha value is -1.53. The van der Waals surface area contributed by atoms with Crippen molar-refractivity contribution in [3.63, 3.8) is 0 Å². The minimum absolute atomic E-state index is 0.128. The van der Waals surface area contributed by atoms with Gasteiger partial charge in [-0.05, 0) is 43.9 Å². The number of hydrogen-bond donors (Lipinski definition) is 1. The van der Waals surface area contributed by atoms with E-state index in [1.165, 1.54) is 0 Å². The summed E-state index contributed by atoms with van der Waals surface area (Å²) in [5.41, 5.74) is 1.60. The van der Waals surface area contributed by atoms with Gasteiger partial charge in [0.05, 0.1) is 17.7 Å². The fourth-order valence-corrected chi connectivity index (χ4v) is 2.17. The molecule has 1 saturated carbocycles. The first-order chi connectivity index (χ1) is 8.20. The number of aliphatic hydroxyl groups excluding tert-OH is 1. The van der Waals surface area contributed by atoms with Crippen LogP contribution in [0.1, 0.15) is 36.8 Å². The van der Waals surface area contributed by atoms with Crippen LogP contribution in [0.15, 0.2) is 18.2 Å². The molecule has 90 valence electrons. The zero-order valence-corrected chi connectivity index (χ0v) is 10.0. The van der Waals surface area contributed by atoms with Crippen LogP contribution in [0.4, 0.5) is 0 Å². The maximum absolute atomic E-state index is 9.86. The molecule has 17 heavy (non-hydrogen) atoms. The van der Waals surface area contributed by atoms with Crippen LogP contribution in [0, 0.1) is 18.3 Å². The highest BCUT2D eigenvalue weighted by Crippen LogP contribution is 2.26. The summed E-state index contributed by atoms with van der Waals surface area (Å²) in [6.45, 7) is 1.95. The first kappa shape index (κ1) is 11.9. The van der Waals surface area contributed by atoms with E-state index in [1.807, 2.05) is 13.0 Å². The van der Waals surface area contributed by atoms with Crippen molar-refractivity contribution in [2.24, 2.45) is 0 Å². The summed E-state index contributed by atoms with van der Waals surface area (Å²) in [7, 11) is 0. The number of nitrogens with zero attached hydrogens (tertiary/aromatic N) is 1. The first-order valence-electron chi connectivity index (χ1n) is 6.06.